The van der Waals surface area contributed by atoms with Gasteiger partial charge in [-0.05, 0) is 44.5 Å². The van der Waals surface area contributed by atoms with Gasteiger partial charge in [0.2, 0.25) is 5.78 Å². The molecule has 0 aliphatic rings. The highest BCUT2D eigenvalue weighted by Crippen LogP contribution is 2.24. The van der Waals surface area contributed by atoms with Crippen LogP contribution in [-0.2, 0) is 4.74 Å². The van der Waals surface area contributed by atoms with E-state index in [1.165, 1.54) is 6.08 Å². The Morgan fingerprint density at radius 2 is 1.80 bits per heavy atom. The summed E-state index contributed by atoms with van der Waals surface area (Å²) in [5.74, 6) is -1.11. The Morgan fingerprint density at radius 1 is 1.20 bits per heavy atom. The number of nitrogens with zero attached hydrogens (tertiary/aromatic N) is 1. The van der Waals surface area contributed by atoms with Gasteiger partial charge in [0.1, 0.15) is 11.6 Å². The Balaban J connectivity index is 2.50. The van der Waals surface area contributed by atoms with Crippen molar-refractivity contribution in [2.24, 2.45) is 0 Å². The number of aryl methyl sites for hydroxylation is 2. The Kier molecular flexibility index (Phi) is 5.79. The molecule has 0 amide bonds. The lowest BCUT2D eigenvalue weighted by molar-refractivity contribution is 0.0523. The van der Waals surface area contributed by atoms with Crippen LogP contribution >= 0.6 is 11.6 Å². The average molecular weight is 357 g/mol. The molecule has 25 heavy (non-hydrogen) atoms. The van der Waals surface area contributed by atoms with Gasteiger partial charge in [-0.1, -0.05) is 23.7 Å². The number of aromatic amines is 1. The lowest BCUT2D eigenvalue weighted by Gasteiger charge is -2.05. The van der Waals surface area contributed by atoms with E-state index in [4.69, 9.17) is 16.3 Å². The number of carbonyl (C=O) groups is 2. The fraction of sp³-hybridized carbons (Fsp3) is 0.211. The molecule has 0 aliphatic heterocycles. The first kappa shape index (κ1) is 18.5. The summed E-state index contributed by atoms with van der Waals surface area (Å²) < 4.78 is 5.03. The van der Waals surface area contributed by atoms with Crippen LogP contribution in [0.15, 0.2) is 29.8 Å². The summed E-state index contributed by atoms with van der Waals surface area (Å²) in [5.41, 5.74) is 1.97. The molecule has 128 valence electrons. The number of nitrogens with one attached hydrogen (secondary N) is 1. The summed E-state index contributed by atoms with van der Waals surface area (Å²) in [6, 6.07) is 8.65. The van der Waals surface area contributed by atoms with Crippen LogP contribution in [0.4, 0.5) is 0 Å². The number of Topliss-reactive ketones (excluding diaryl/α,β-unsaturated/α-hetero) is 1. The molecule has 1 aromatic carbocycles. The van der Waals surface area contributed by atoms with E-state index in [-0.39, 0.29) is 23.3 Å². The number of H-pyrrole nitrogens is 1. The van der Waals surface area contributed by atoms with Gasteiger partial charge in [0, 0.05) is 16.4 Å². The summed E-state index contributed by atoms with van der Waals surface area (Å²) in [7, 11) is 0. The first-order valence-corrected chi connectivity index (χ1v) is 8.05. The van der Waals surface area contributed by atoms with E-state index >= 15 is 0 Å². The highest BCUT2D eigenvalue weighted by molar-refractivity contribution is 6.30. The highest BCUT2D eigenvalue weighted by atomic mass is 35.5. The van der Waals surface area contributed by atoms with Gasteiger partial charge in [-0.15, -0.1) is 0 Å². The number of nitriles is 1. The number of hydrogen-bond donors (Lipinski definition) is 1. The molecule has 0 atom stereocenters. The van der Waals surface area contributed by atoms with E-state index in [0.29, 0.717) is 22.0 Å². The fourth-order valence-corrected chi connectivity index (χ4v) is 2.66. The SMILES string of the molecule is CCOC(=O)c1c(C)[nH]c(C)c1C(=O)/C(C#N)=C/c1ccc(Cl)cc1. The first-order valence-electron chi connectivity index (χ1n) is 7.67. The Bertz CT molecular complexity index is 887. The fourth-order valence-electron chi connectivity index (χ4n) is 2.53. The van der Waals surface area contributed by atoms with Crippen molar-refractivity contribution < 1.29 is 14.3 Å². The van der Waals surface area contributed by atoms with E-state index < -0.39 is 11.8 Å². The zero-order valence-corrected chi connectivity index (χ0v) is 14.9. The Morgan fingerprint density at radius 3 is 2.36 bits per heavy atom. The zero-order valence-electron chi connectivity index (χ0n) is 14.1. The Labute approximate surface area is 150 Å². The van der Waals surface area contributed by atoms with Gasteiger partial charge in [0.25, 0.3) is 0 Å². The molecule has 1 aromatic heterocycles. The number of halogens is 1. The van der Waals surface area contributed by atoms with Gasteiger partial charge < -0.3 is 9.72 Å². The van der Waals surface area contributed by atoms with Crippen LogP contribution < -0.4 is 0 Å². The van der Waals surface area contributed by atoms with E-state index in [9.17, 15) is 14.9 Å². The predicted molar refractivity (Wildman–Crippen MR) is 95.6 cm³/mol. The number of allylic oxidation sites excluding steroid dienone is 1. The van der Waals surface area contributed by atoms with Crippen molar-refractivity contribution in [2.45, 2.75) is 20.8 Å². The average Bonchev–Trinajstić information content (AvgIpc) is 2.88. The van der Waals surface area contributed by atoms with Crippen molar-refractivity contribution in [3.8, 4) is 6.07 Å². The van der Waals surface area contributed by atoms with Crippen molar-refractivity contribution in [1.29, 1.82) is 5.26 Å². The smallest absolute Gasteiger partial charge is 0.340 e. The zero-order chi connectivity index (χ0) is 18.6. The molecule has 0 bridgehead atoms. The summed E-state index contributed by atoms with van der Waals surface area (Å²) in [5, 5.41) is 9.97. The molecule has 0 aliphatic carbocycles. The summed E-state index contributed by atoms with van der Waals surface area (Å²) in [6.07, 6.45) is 1.47. The van der Waals surface area contributed by atoms with Crippen LogP contribution in [0.25, 0.3) is 6.08 Å². The van der Waals surface area contributed by atoms with Gasteiger partial charge in [-0.2, -0.15) is 5.26 Å². The molecule has 0 fully saturated rings. The van der Waals surface area contributed by atoms with Gasteiger partial charge in [-0.25, -0.2) is 4.79 Å². The van der Waals surface area contributed by atoms with Crippen LogP contribution in [0.1, 0.15) is 44.6 Å². The lowest BCUT2D eigenvalue weighted by atomic mass is 9.98. The molecule has 0 spiro atoms. The third-order valence-corrected chi connectivity index (χ3v) is 3.88. The van der Waals surface area contributed by atoms with Crippen molar-refractivity contribution in [1.82, 2.24) is 4.98 Å². The molecule has 6 heteroatoms. The number of rotatable bonds is 5. The van der Waals surface area contributed by atoms with Crippen LogP contribution in [0, 0.1) is 25.2 Å². The molecule has 1 heterocycles. The third-order valence-electron chi connectivity index (χ3n) is 3.63. The highest BCUT2D eigenvalue weighted by Gasteiger charge is 2.27. The minimum atomic E-state index is -0.587. The van der Waals surface area contributed by atoms with Gasteiger partial charge in [0.05, 0.1) is 17.7 Å². The number of carbonyl (C=O) groups excluding carboxylic acids is 2. The van der Waals surface area contributed by atoms with Crippen LogP contribution in [-0.4, -0.2) is 23.3 Å². The number of ether oxygens (including phenoxy) is 1. The lowest BCUT2D eigenvalue weighted by Crippen LogP contribution is -2.13. The molecule has 2 aromatic rings. The van der Waals surface area contributed by atoms with Crippen molar-refractivity contribution in [3.63, 3.8) is 0 Å². The van der Waals surface area contributed by atoms with Crippen molar-refractivity contribution in [2.75, 3.05) is 6.61 Å². The molecular formula is C19H17ClN2O3. The van der Waals surface area contributed by atoms with Crippen molar-refractivity contribution >= 4 is 29.4 Å². The van der Waals surface area contributed by atoms with E-state index in [2.05, 4.69) is 4.98 Å². The molecular weight excluding hydrogens is 340 g/mol. The second kappa shape index (κ2) is 7.82. The largest absolute Gasteiger partial charge is 0.462 e. The normalized spacial score (nSPS) is 11.1. The van der Waals surface area contributed by atoms with Gasteiger partial charge in [-0.3, -0.25) is 4.79 Å². The van der Waals surface area contributed by atoms with E-state index in [0.717, 1.165) is 0 Å². The standard InChI is InChI=1S/C19H17ClN2O3/c1-4-25-19(24)17-12(3)22-11(2)16(17)18(23)14(10-21)9-13-5-7-15(20)8-6-13/h5-9,22H,4H2,1-3H3/b14-9+. The number of aromatic nitrogens is 1. The molecule has 5 nitrogen and oxygen atoms in total. The maximum absolute atomic E-state index is 12.9. The minimum absolute atomic E-state index is 0.0741. The van der Waals surface area contributed by atoms with Crippen molar-refractivity contribution in [3.05, 3.63) is 62.9 Å². The monoisotopic (exact) mass is 356 g/mol. The minimum Gasteiger partial charge on any atom is -0.462 e. The molecule has 2 rings (SSSR count). The summed E-state index contributed by atoms with van der Waals surface area (Å²) >= 11 is 5.84. The summed E-state index contributed by atoms with van der Waals surface area (Å²) in [6.45, 7) is 5.25. The van der Waals surface area contributed by atoms with E-state index in [1.54, 1.807) is 45.0 Å². The molecule has 0 radical (unpaired) electrons. The van der Waals surface area contributed by atoms with Crippen LogP contribution in [0.5, 0.6) is 0 Å². The predicted octanol–water partition coefficient (Wildman–Crippen LogP) is 4.25. The van der Waals surface area contributed by atoms with Gasteiger partial charge in [0.15, 0.2) is 0 Å². The maximum Gasteiger partial charge on any atom is 0.340 e. The van der Waals surface area contributed by atoms with Crippen LogP contribution in [0.2, 0.25) is 5.02 Å². The van der Waals surface area contributed by atoms with Gasteiger partial charge >= 0.3 is 5.97 Å². The number of benzene rings is 1. The quantitative estimate of drug-likeness (QED) is 0.375. The number of esters is 1. The number of hydrogen-bond acceptors (Lipinski definition) is 4. The van der Waals surface area contributed by atoms with E-state index in [1.807, 2.05) is 6.07 Å². The molecule has 0 saturated carbocycles. The second-order valence-corrected chi connectivity index (χ2v) is 5.83. The number of ketones is 1. The Hall–Kier alpha value is -2.84. The first-order chi connectivity index (χ1) is 11.9. The molecule has 1 N–H and O–H groups in total. The molecule has 0 saturated heterocycles. The second-order valence-electron chi connectivity index (χ2n) is 5.40. The summed E-state index contributed by atoms with van der Waals surface area (Å²) in [4.78, 5) is 28.0. The topological polar surface area (TPSA) is 83.0 Å². The van der Waals surface area contributed by atoms with Crippen LogP contribution in [0.3, 0.4) is 0 Å². The maximum atomic E-state index is 12.9. The molecule has 0 unspecified atom stereocenters. The third kappa shape index (κ3) is 3.98.